The lowest BCUT2D eigenvalue weighted by molar-refractivity contribution is 0.643. The second-order valence-electron chi connectivity index (χ2n) is 6.71. The summed E-state index contributed by atoms with van der Waals surface area (Å²) in [6.45, 7) is 6.79. The molecule has 0 saturated carbocycles. The molecule has 0 radical (unpaired) electrons. The van der Waals surface area contributed by atoms with Crippen molar-refractivity contribution in [3.8, 4) is 0 Å². The van der Waals surface area contributed by atoms with Crippen molar-refractivity contribution in [2.24, 2.45) is 7.05 Å². The van der Waals surface area contributed by atoms with E-state index in [9.17, 15) is 4.79 Å². The van der Waals surface area contributed by atoms with Crippen molar-refractivity contribution in [1.82, 2.24) is 19.3 Å². The first-order valence-electron chi connectivity index (χ1n) is 8.36. The maximum absolute atomic E-state index is 13.0. The van der Waals surface area contributed by atoms with Gasteiger partial charge in [-0.25, -0.2) is 9.67 Å². The minimum Gasteiger partial charge on any atom is -0.323 e. The summed E-state index contributed by atoms with van der Waals surface area (Å²) in [5, 5.41) is 6.31. The largest absolute Gasteiger partial charge is 0.323 e. The fraction of sp³-hybridized carbons (Fsp3) is 0.316. The Morgan fingerprint density at radius 3 is 2.84 bits per heavy atom. The van der Waals surface area contributed by atoms with Gasteiger partial charge in [-0.15, -0.1) is 11.3 Å². The van der Waals surface area contributed by atoms with E-state index in [1.54, 1.807) is 17.5 Å². The van der Waals surface area contributed by atoms with Gasteiger partial charge in [0.15, 0.2) is 5.65 Å². The summed E-state index contributed by atoms with van der Waals surface area (Å²) in [5.74, 6) is 0.459. The molecule has 0 fully saturated rings. The predicted octanol–water partition coefficient (Wildman–Crippen LogP) is 3.82. The molecular formula is C19H20N4OS. The van der Waals surface area contributed by atoms with Gasteiger partial charge >= 0.3 is 0 Å². The van der Waals surface area contributed by atoms with Crippen LogP contribution < -0.4 is 5.56 Å². The van der Waals surface area contributed by atoms with Crippen LogP contribution in [0.1, 0.15) is 35.9 Å². The quantitative estimate of drug-likeness (QED) is 0.563. The van der Waals surface area contributed by atoms with Gasteiger partial charge in [0.2, 0.25) is 0 Å². The molecule has 0 atom stereocenters. The number of hydrogen-bond donors (Lipinski definition) is 0. The summed E-state index contributed by atoms with van der Waals surface area (Å²) in [5.41, 5.74) is 3.81. The number of aromatic nitrogens is 4. The second-order valence-corrected chi connectivity index (χ2v) is 7.92. The van der Waals surface area contributed by atoms with Gasteiger partial charge in [-0.05, 0) is 24.0 Å². The highest BCUT2D eigenvalue weighted by Crippen LogP contribution is 2.30. The van der Waals surface area contributed by atoms with E-state index in [4.69, 9.17) is 0 Å². The van der Waals surface area contributed by atoms with Crippen LogP contribution in [0.15, 0.2) is 35.3 Å². The Morgan fingerprint density at radius 1 is 1.28 bits per heavy atom. The molecule has 0 amide bonds. The van der Waals surface area contributed by atoms with Gasteiger partial charge < -0.3 is 4.57 Å². The average molecular weight is 352 g/mol. The highest BCUT2D eigenvalue weighted by atomic mass is 32.1. The predicted molar refractivity (Wildman–Crippen MR) is 103 cm³/mol. The first-order chi connectivity index (χ1) is 12.0. The van der Waals surface area contributed by atoms with Crippen LogP contribution in [-0.4, -0.2) is 19.3 Å². The summed E-state index contributed by atoms with van der Waals surface area (Å²) in [7, 11) is 1.90. The lowest BCUT2D eigenvalue weighted by atomic mass is 10.0. The van der Waals surface area contributed by atoms with Crippen LogP contribution in [-0.2, 0) is 13.6 Å². The molecule has 25 heavy (non-hydrogen) atoms. The summed E-state index contributed by atoms with van der Waals surface area (Å²) >= 11 is 1.61. The third-order valence-corrected chi connectivity index (χ3v) is 5.58. The minimum atomic E-state index is -0.0715. The molecule has 128 valence electrons. The molecule has 3 aromatic heterocycles. The van der Waals surface area contributed by atoms with E-state index in [1.807, 2.05) is 30.7 Å². The number of rotatable bonds is 3. The molecule has 0 aliphatic carbocycles. The maximum Gasteiger partial charge on any atom is 0.291 e. The zero-order valence-electron chi connectivity index (χ0n) is 14.8. The number of thiazole rings is 1. The molecule has 0 N–H and O–H groups in total. The van der Waals surface area contributed by atoms with E-state index in [0.29, 0.717) is 18.0 Å². The van der Waals surface area contributed by atoms with Gasteiger partial charge in [-0.1, -0.05) is 38.1 Å². The first-order valence-corrected chi connectivity index (χ1v) is 9.18. The fourth-order valence-corrected chi connectivity index (χ4v) is 4.19. The molecule has 0 bridgehead atoms. The molecule has 0 aliphatic rings. The van der Waals surface area contributed by atoms with Crippen LogP contribution in [0.25, 0.3) is 21.3 Å². The van der Waals surface area contributed by atoms with Crippen LogP contribution in [0.5, 0.6) is 0 Å². The van der Waals surface area contributed by atoms with E-state index in [1.165, 1.54) is 10.2 Å². The van der Waals surface area contributed by atoms with Gasteiger partial charge in [-0.2, -0.15) is 5.10 Å². The summed E-state index contributed by atoms with van der Waals surface area (Å²) in [6, 6.07) is 8.35. The zero-order valence-corrected chi connectivity index (χ0v) is 15.6. The normalized spacial score (nSPS) is 11.9. The SMILES string of the molecule is Cc1nc2c(s1)c1cnn(Cc3cccc(C(C)C)c3)c(=O)c1n2C. The van der Waals surface area contributed by atoms with Gasteiger partial charge in [0.25, 0.3) is 5.56 Å². The number of aryl methyl sites for hydroxylation is 2. The molecule has 0 spiro atoms. The molecule has 0 aliphatic heterocycles. The van der Waals surface area contributed by atoms with Crippen LogP contribution in [0.4, 0.5) is 0 Å². The smallest absolute Gasteiger partial charge is 0.291 e. The molecule has 1 aromatic carbocycles. The molecule has 0 saturated heterocycles. The van der Waals surface area contributed by atoms with Crippen molar-refractivity contribution < 1.29 is 0 Å². The van der Waals surface area contributed by atoms with E-state index >= 15 is 0 Å². The van der Waals surface area contributed by atoms with E-state index in [0.717, 1.165) is 26.3 Å². The Balaban J connectivity index is 1.84. The third kappa shape index (κ3) is 2.57. The Kier molecular flexibility index (Phi) is 3.72. The summed E-state index contributed by atoms with van der Waals surface area (Å²) in [4.78, 5) is 17.5. The van der Waals surface area contributed by atoms with E-state index in [-0.39, 0.29) is 5.56 Å². The van der Waals surface area contributed by atoms with Crippen molar-refractivity contribution in [3.63, 3.8) is 0 Å². The van der Waals surface area contributed by atoms with Crippen LogP contribution in [0, 0.1) is 6.92 Å². The second kappa shape index (κ2) is 5.81. The molecule has 4 rings (SSSR count). The topological polar surface area (TPSA) is 52.7 Å². The Morgan fingerprint density at radius 2 is 2.08 bits per heavy atom. The monoisotopic (exact) mass is 352 g/mol. The third-order valence-electron chi connectivity index (χ3n) is 4.58. The van der Waals surface area contributed by atoms with Crippen molar-refractivity contribution in [2.45, 2.75) is 33.2 Å². The Bertz CT molecular complexity index is 1150. The molecule has 4 aromatic rings. The molecule has 0 unspecified atom stereocenters. The highest BCUT2D eigenvalue weighted by Gasteiger charge is 2.17. The minimum absolute atomic E-state index is 0.0715. The van der Waals surface area contributed by atoms with Gasteiger partial charge in [0, 0.05) is 12.4 Å². The van der Waals surface area contributed by atoms with Crippen LogP contribution >= 0.6 is 11.3 Å². The lowest BCUT2D eigenvalue weighted by Gasteiger charge is -2.09. The van der Waals surface area contributed by atoms with Gasteiger partial charge in [0.05, 0.1) is 22.4 Å². The summed E-state index contributed by atoms with van der Waals surface area (Å²) in [6.07, 6.45) is 1.79. The van der Waals surface area contributed by atoms with Gasteiger partial charge in [0.1, 0.15) is 5.52 Å². The van der Waals surface area contributed by atoms with E-state index < -0.39 is 0 Å². The van der Waals surface area contributed by atoms with Crippen molar-refractivity contribution in [2.75, 3.05) is 0 Å². The fourth-order valence-electron chi connectivity index (χ4n) is 3.23. The maximum atomic E-state index is 13.0. The van der Waals surface area contributed by atoms with Crippen molar-refractivity contribution in [1.29, 1.82) is 0 Å². The Labute approximate surface area is 149 Å². The first kappa shape index (κ1) is 16.0. The highest BCUT2D eigenvalue weighted by molar-refractivity contribution is 7.19. The number of hydrogen-bond acceptors (Lipinski definition) is 4. The van der Waals surface area contributed by atoms with E-state index in [2.05, 4.69) is 36.1 Å². The van der Waals surface area contributed by atoms with Crippen LogP contribution in [0.3, 0.4) is 0 Å². The zero-order chi connectivity index (χ0) is 17.7. The molecule has 5 nitrogen and oxygen atoms in total. The molecule has 3 heterocycles. The molecular weight excluding hydrogens is 332 g/mol. The molecule has 6 heteroatoms. The van der Waals surface area contributed by atoms with Crippen molar-refractivity contribution in [3.05, 3.63) is 57.0 Å². The number of nitrogens with zero attached hydrogens (tertiary/aromatic N) is 4. The number of fused-ring (bicyclic) bond motifs is 3. The lowest BCUT2D eigenvalue weighted by Crippen LogP contribution is -2.24. The summed E-state index contributed by atoms with van der Waals surface area (Å²) < 4.78 is 4.46. The average Bonchev–Trinajstić information content (AvgIpc) is 3.08. The number of benzene rings is 1. The standard InChI is InChI=1S/C19H20N4OS/c1-11(2)14-7-5-6-13(8-14)10-23-19(24)16-15(9-20-23)17-18(22(16)4)21-12(3)25-17/h5-9,11H,10H2,1-4H3. The Hall–Kier alpha value is -2.47. The van der Waals surface area contributed by atoms with Crippen LogP contribution in [0.2, 0.25) is 0 Å². The van der Waals surface area contributed by atoms with Gasteiger partial charge in [-0.3, -0.25) is 4.79 Å². The van der Waals surface area contributed by atoms with Crippen molar-refractivity contribution >= 4 is 32.6 Å².